The van der Waals surface area contributed by atoms with Crippen molar-refractivity contribution in [3.05, 3.63) is 53.0 Å². The van der Waals surface area contributed by atoms with Crippen molar-refractivity contribution >= 4 is 11.6 Å². The van der Waals surface area contributed by atoms with Crippen LogP contribution in [0.2, 0.25) is 0 Å². The van der Waals surface area contributed by atoms with E-state index in [9.17, 15) is 18.4 Å². The Balaban J connectivity index is 2.01. The van der Waals surface area contributed by atoms with E-state index in [2.05, 4.69) is 20.4 Å². The number of fused-ring (bicyclic) bond motifs is 4. The fraction of sp³-hybridized carbons (Fsp3) is 0.350. The average Bonchev–Trinajstić information content (AvgIpc) is 3.10. The van der Waals surface area contributed by atoms with Gasteiger partial charge in [0.2, 0.25) is 5.91 Å². The van der Waals surface area contributed by atoms with E-state index in [4.69, 9.17) is 0 Å². The van der Waals surface area contributed by atoms with Crippen LogP contribution >= 0.6 is 0 Å². The minimum absolute atomic E-state index is 0.00812. The van der Waals surface area contributed by atoms with Crippen LogP contribution in [0.3, 0.4) is 0 Å². The molecule has 2 bridgehead atoms. The molecule has 0 saturated heterocycles. The number of aromatic nitrogens is 5. The van der Waals surface area contributed by atoms with E-state index in [0.717, 1.165) is 29.4 Å². The summed E-state index contributed by atoms with van der Waals surface area (Å²) < 4.78 is 29.4. The molecule has 0 radical (unpaired) electrons. The second-order valence-corrected chi connectivity index (χ2v) is 7.28. The van der Waals surface area contributed by atoms with Crippen molar-refractivity contribution in [2.24, 2.45) is 5.92 Å². The van der Waals surface area contributed by atoms with Crippen molar-refractivity contribution in [2.45, 2.75) is 39.2 Å². The fourth-order valence-electron chi connectivity index (χ4n) is 3.54. The second-order valence-electron chi connectivity index (χ2n) is 7.28. The number of alkyl halides is 2. The number of carbonyl (C=O) groups excluding carboxylic acids is 1. The monoisotopic (exact) mass is 414 g/mol. The number of rotatable bonds is 2. The molecule has 0 spiro atoms. The topological polar surface area (TPSA) is 94.7 Å². The lowest BCUT2D eigenvalue weighted by molar-refractivity contribution is -0.119. The fourth-order valence-corrected chi connectivity index (χ4v) is 3.54. The minimum atomic E-state index is -2.99. The first kappa shape index (κ1) is 19.9. The number of amides is 1. The predicted molar refractivity (Wildman–Crippen MR) is 105 cm³/mol. The Morgan fingerprint density at radius 3 is 2.80 bits per heavy atom. The van der Waals surface area contributed by atoms with Gasteiger partial charge in [0.05, 0.1) is 0 Å². The van der Waals surface area contributed by atoms with E-state index in [-0.39, 0.29) is 29.0 Å². The van der Waals surface area contributed by atoms with Crippen LogP contribution in [0.15, 0.2) is 41.8 Å². The van der Waals surface area contributed by atoms with E-state index in [0.29, 0.717) is 16.7 Å². The maximum absolute atomic E-state index is 13.9. The third kappa shape index (κ3) is 3.72. The number of aryl methyl sites for hydroxylation is 1. The summed E-state index contributed by atoms with van der Waals surface area (Å²) in [6.45, 7) is -1.21. The highest BCUT2D eigenvalue weighted by Crippen LogP contribution is 2.36. The van der Waals surface area contributed by atoms with Gasteiger partial charge in [-0.05, 0) is 30.9 Å². The largest absolute Gasteiger partial charge is 0.333 e. The van der Waals surface area contributed by atoms with Crippen LogP contribution in [0, 0.1) is 5.92 Å². The molecule has 1 N–H and O–H groups in total. The molecule has 0 aromatic carbocycles. The Labute approximate surface area is 170 Å². The summed E-state index contributed by atoms with van der Waals surface area (Å²) in [6, 6.07) is 2.95. The molecular formula is C20H20F2N6O2. The molecule has 156 valence electrons. The molecule has 1 atom stereocenters. The SMILES string of the molecule is CC1CCCCc2cncc(c2)-c2c(c(-n3cnccc3=O)nn2C(F)F)NC1=O. The molecule has 4 heterocycles. The van der Waals surface area contributed by atoms with Crippen LogP contribution < -0.4 is 10.9 Å². The highest BCUT2D eigenvalue weighted by atomic mass is 19.3. The highest BCUT2D eigenvalue weighted by molar-refractivity contribution is 5.98. The third-order valence-corrected chi connectivity index (χ3v) is 5.14. The van der Waals surface area contributed by atoms with Crippen LogP contribution in [-0.4, -0.2) is 30.2 Å². The molecule has 8 nitrogen and oxygen atoms in total. The molecule has 1 aliphatic heterocycles. The number of hydrogen-bond donors (Lipinski definition) is 1. The number of carbonyl (C=O) groups is 1. The van der Waals surface area contributed by atoms with E-state index in [1.165, 1.54) is 24.8 Å². The first-order chi connectivity index (χ1) is 14.5. The summed E-state index contributed by atoms with van der Waals surface area (Å²) in [6.07, 6.45) is 8.70. The number of nitrogens with one attached hydrogen (secondary N) is 1. The van der Waals surface area contributed by atoms with Gasteiger partial charge in [0.15, 0.2) is 5.82 Å². The highest BCUT2D eigenvalue weighted by Gasteiger charge is 2.28. The normalized spacial score (nSPS) is 17.1. The van der Waals surface area contributed by atoms with Gasteiger partial charge in [-0.1, -0.05) is 13.3 Å². The molecule has 30 heavy (non-hydrogen) atoms. The summed E-state index contributed by atoms with van der Waals surface area (Å²) in [5.41, 5.74) is 0.798. The summed E-state index contributed by atoms with van der Waals surface area (Å²) in [7, 11) is 0. The Morgan fingerprint density at radius 2 is 2.03 bits per heavy atom. The van der Waals surface area contributed by atoms with Gasteiger partial charge in [0.25, 0.3) is 5.56 Å². The Hall–Kier alpha value is -3.43. The molecular weight excluding hydrogens is 394 g/mol. The Kier molecular flexibility index (Phi) is 5.39. The lowest BCUT2D eigenvalue weighted by Gasteiger charge is -2.16. The van der Waals surface area contributed by atoms with E-state index in [1.54, 1.807) is 19.2 Å². The molecule has 1 aliphatic rings. The maximum atomic E-state index is 13.9. The van der Waals surface area contributed by atoms with Gasteiger partial charge in [-0.2, -0.15) is 13.5 Å². The molecule has 4 rings (SSSR count). The number of nitrogens with zero attached hydrogens (tertiary/aromatic N) is 5. The zero-order chi connectivity index (χ0) is 21.3. The van der Waals surface area contributed by atoms with Crippen molar-refractivity contribution in [3.8, 4) is 17.1 Å². The molecule has 1 amide bonds. The Morgan fingerprint density at radius 1 is 1.20 bits per heavy atom. The number of pyridine rings is 1. The summed E-state index contributed by atoms with van der Waals surface area (Å²) in [5, 5.41) is 6.71. The Bertz CT molecular complexity index is 1140. The van der Waals surface area contributed by atoms with Crippen molar-refractivity contribution in [3.63, 3.8) is 0 Å². The van der Waals surface area contributed by atoms with E-state index >= 15 is 0 Å². The standard InChI is InChI=1S/C20H20F2N6O2/c1-12-4-2-3-5-13-8-14(10-24-9-13)17-16(25-19(12)30)18(26-28(17)20(21)22)27-11-23-7-6-15(27)29/h6-12,20H,2-5H2,1H3,(H,25,30). The zero-order valence-corrected chi connectivity index (χ0v) is 16.3. The van der Waals surface area contributed by atoms with Gasteiger partial charge in [-0.3, -0.25) is 14.6 Å². The minimum Gasteiger partial charge on any atom is -0.321 e. The second kappa shape index (κ2) is 8.13. The number of hydrogen-bond acceptors (Lipinski definition) is 5. The van der Waals surface area contributed by atoms with Crippen LogP contribution in [0.25, 0.3) is 17.1 Å². The van der Waals surface area contributed by atoms with E-state index < -0.39 is 12.1 Å². The first-order valence-corrected chi connectivity index (χ1v) is 9.64. The van der Waals surface area contributed by atoms with Crippen LogP contribution in [0.5, 0.6) is 0 Å². The zero-order valence-electron chi connectivity index (χ0n) is 16.3. The van der Waals surface area contributed by atoms with E-state index in [1.807, 2.05) is 0 Å². The van der Waals surface area contributed by atoms with Crippen molar-refractivity contribution in [1.82, 2.24) is 24.3 Å². The van der Waals surface area contributed by atoms with Crippen molar-refractivity contribution < 1.29 is 13.6 Å². The van der Waals surface area contributed by atoms with Crippen molar-refractivity contribution in [1.29, 1.82) is 0 Å². The maximum Gasteiger partial charge on any atom is 0.333 e. The predicted octanol–water partition coefficient (Wildman–Crippen LogP) is 3.19. The van der Waals surface area contributed by atoms with Crippen LogP contribution in [-0.2, 0) is 11.2 Å². The van der Waals surface area contributed by atoms with Crippen LogP contribution in [0.4, 0.5) is 14.5 Å². The lowest BCUT2D eigenvalue weighted by Crippen LogP contribution is -2.23. The number of halogens is 2. The molecule has 0 saturated carbocycles. The van der Waals surface area contributed by atoms with Gasteiger partial charge >= 0.3 is 6.55 Å². The third-order valence-electron chi connectivity index (χ3n) is 5.14. The van der Waals surface area contributed by atoms with Crippen LogP contribution in [0.1, 0.15) is 38.3 Å². The lowest BCUT2D eigenvalue weighted by atomic mass is 9.99. The number of anilines is 1. The van der Waals surface area contributed by atoms with Gasteiger partial charge in [-0.15, -0.1) is 5.10 Å². The quantitative estimate of drug-likeness (QED) is 0.695. The van der Waals surface area contributed by atoms with Gasteiger partial charge in [-0.25, -0.2) is 9.55 Å². The van der Waals surface area contributed by atoms with Gasteiger partial charge < -0.3 is 5.32 Å². The summed E-state index contributed by atoms with van der Waals surface area (Å²) in [4.78, 5) is 33.2. The molecule has 0 fully saturated rings. The first-order valence-electron chi connectivity index (χ1n) is 9.64. The smallest absolute Gasteiger partial charge is 0.321 e. The molecule has 1 unspecified atom stereocenters. The van der Waals surface area contributed by atoms with Gasteiger partial charge in [0, 0.05) is 36.1 Å². The van der Waals surface area contributed by atoms with Crippen molar-refractivity contribution in [2.75, 3.05) is 5.32 Å². The molecule has 3 aromatic heterocycles. The molecule has 10 heteroatoms. The summed E-state index contributed by atoms with van der Waals surface area (Å²) >= 11 is 0. The molecule has 0 aliphatic carbocycles. The molecule has 3 aromatic rings. The van der Waals surface area contributed by atoms with Gasteiger partial charge in [0.1, 0.15) is 17.7 Å². The average molecular weight is 414 g/mol. The summed E-state index contributed by atoms with van der Waals surface area (Å²) in [5.74, 6) is -0.776.